The van der Waals surface area contributed by atoms with E-state index in [4.69, 9.17) is 37.6 Å². The van der Waals surface area contributed by atoms with E-state index in [9.17, 15) is 0 Å². The van der Waals surface area contributed by atoms with Crippen LogP contribution in [0.25, 0.3) is 21.5 Å². The van der Waals surface area contributed by atoms with Gasteiger partial charge >= 0.3 is 0 Å². The lowest BCUT2D eigenvalue weighted by atomic mass is 9.72. The number of para-hydroxylation sites is 1. The van der Waals surface area contributed by atoms with Crippen LogP contribution in [-0.2, 0) is 18.0 Å². The zero-order valence-electron chi connectivity index (χ0n) is 22.7. The molecule has 3 bridgehead atoms. The lowest BCUT2D eigenvalue weighted by Gasteiger charge is -2.39. The van der Waals surface area contributed by atoms with Crippen LogP contribution in [0.3, 0.4) is 0 Å². The number of halogens is 2. The first-order valence-corrected chi connectivity index (χ1v) is 16.0. The highest BCUT2D eigenvalue weighted by atomic mass is 35.5. The van der Waals surface area contributed by atoms with Gasteiger partial charge in [0.15, 0.2) is 0 Å². The summed E-state index contributed by atoms with van der Waals surface area (Å²) in [5, 5.41) is 15.2. The van der Waals surface area contributed by atoms with Crippen LogP contribution in [0.15, 0.2) is 47.0 Å². The molecule has 8 heteroatoms. The Morgan fingerprint density at radius 2 is 1.88 bits per heavy atom. The van der Waals surface area contributed by atoms with E-state index < -0.39 is 0 Å². The SMILES string of the molecule is C[C@@H]1CC2CC3(OCc4c(-c5c(Cl)cccc5Cl)noc4C4CC4)CCC1(C2)C3.OCc1nc2ccccc2s1. The number of nitrogens with zero attached hydrogens (tertiary/aromatic N) is 2. The van der Waals surface area contributed by atoms with Gasteiger partial charge in [0.2, 0.25) is 0 Å². The van der Waals surface area contributed by atoms with Gasteiger partial charge in [-0.1, -0.05) is 53.5 Å². The molecular weight excluding hydrogens is 563 g/mol. The van der Waals surface area contributed by atoms with E-state index in [0.29, 0.717) is 28.0 Å². The van der Waals surface area contributed by atoms with Crippen LogP contribution in [-0.4, -0.2) is 20.8 Å². The fourth-order valence-electron chi connectivity index (χ4n) is 7.80. The summed E-state index contributed by atoms with van der Waals surface area (Å²) >= 11 is 14.5. The van der Waals surface area contributed by atoms with Crippen molar-refractivity contribution in [1.29, 1.82) is 0 Å². The van der Waals surface area contributed by atoms with Crippen LogP contribution < -0.4 is 0 Å². The number of benzene rings is 2. The Balaban J connectivity index is 0.000000202. The largest absolute Gasteiger partial charge is 0.389 e. The van der Waals surface area contributed by atoms with Crippen LogP contribution in [0.2, 0.25) is 10.0 Å². The first-order valence-electron chi connectivity index (χ1n) is 14.4. The highest BCUT2D eigenvalue weighted by Crippen LogP contribution is 2.66. The molecule has 0 aliphatic heterocycles. The zero-order valence-corrected chi connectivity index (χ0v) is 25.0. The highest BCUT2D eigenvalue weighted by molar-refractivity contribution is 7.18. The quantitative estimate of drug-likeness (QED) is 0.240. The molecule has 0 amide bonds. The minimum Gasteiger partial charge on any atom is -0.389 e. The monoisotopic (exact) mass is 596 g/mol. The van der Waals surface area contributed by atoms with Crippen molar-refractivity contribution >= 4 is 44.8 Å². The van der Waals surface area contributed by atoms with E-state index in [0.717, 1.165) is 62.5 Å². The average molecular weight is 598 g/mol. The predicted octanol–water partition coefficient (Wildman–Crippen LogP) is 9.19. The van der Waals surface area contributed by atoms with Gasteiger partial charge in [0.25, 0.3) is 0 Å². The number of ether oxygens (including phenoxy) is 1. The number of aliphatic hydroxyl groups excluding tert-OH is 1. The van der Waals surface area contributed by atoms with Gasteiger partial charge in [-0.05, 0) is 92.9 Å². The minimum atomic E-state index is 0.0350. The molecule has 1 spiro atoms. The molecular formula is C32H34Cl2N2O3S. The second-order valence-corrected chi connectivity index (χ2v) is 14.3. The molecule has 4 fully saturated rings. The minimum absolute atomic E-state index is 0.0350. The fourth-order valence-corrected chi connectivity index (χ4v) is 9.20. The first-order chi connectivity index (χ1) is 19.4. The molecule has 0 saturated heterocycles. The summed E-state index contributed by atoms with van der Waals surface area (Å²) in [6, 6.07) is 13.5. The number of fused-ring (bicyclic) bond motifs is 3. The lowest BCUT2D eigenvalue weighted by Crippen LogP contribution is -2.36. The Bertz CT molecular complexity index is 1490. The van der Waals surface area contributed by atoms with Gasteiger partial charge in [-0.3, -0.25) is 0 Å². The Morgan fingerprint density at radius 3 is 2.62 bits per heavy atom. The van der Waals surface area contributed by atoms with E-state index in [1.165, 1.54) is 49.9 Å². The summed E-state index contributed by atoms with van der Waals surface area (Å²) in [7, 11) is 0. The van der Waals surface area contributed by atoms with Crippen molar-refractivity contribution in [1.82, 2.24) is 10.1 Å². The van der Waals surface area contributed by atoms with Crippen LogP contribution in [0.4, 0.5) is 0 Å². The molecule has 4 aliphatic rings. The van der Waals surface area contributed by atoms with Crippen molar-refractivity contribution in [3.8, 4) is 11.3 Å². The highest BCUT2D eigenvalue weighted by Gasteiger charge is 2.60. The van der Waals surface area contributed by atoms with E-state index >= 15 is 0 Å². The molecule has 4 aliphatic carbocycles. The number of rotatable bonds is 6. The first kappa shape index (κ1) is 26.9. The third kappa shape index (κ3) is 4.80. The van der Waals surface area contributed by atoms with Gasteiger partial charge in [0.1, 0.15) is 16.5 Å². The van der Waals surface area contributed by atoms with Gasteiger partial charge < -0.3 is 14.4 Å². The maximum atomic E-state index is 8.79. The normalized spacial score (nSPS) is 28.6. The topological polar surface area (TPSA) is 68.4 Å². The third-order valence-corrected chi connectivity index (χ3v) is 11.5. The molecule has 3 unspecified atom stereocenters. The van der Waals surface area contributed by atoms with Crippen LogP contribution in [0.5, 0.6) is 0 Å². The molecule has 0 radical (unpaired) electrons. The number of aliphatic hydroxyl groups is 1. The second-order valence-electron chi connectivity index (χ2n) is 12.4. The lowest BCUT2D eigenvalue weighted by molar-refractivity contribution is -0.0842. The van der Waals surface area contributed by atoms with Crippen LogP contribution in [0.1, 0.15) is 80.5 Å². The maximum Gasteiger partial charge on any atom is 0.145 e. The van der Waals surface area contributed by atoms with Crippen molar-refractivity contribution in [3.63, 3.8) is 0 Å². The van der Waals surface area contributed by atoms with E-state index in [1.54, 1.807) is 0 Å². The van der Waals surface area contributed by atoms with Gasteiger partial charge in [0, 0.05) is 17.0 Å². The zero-order chi connectivity index (χ0) is 27.5. The van der Waals surface area contributed by atoms with Crippen molar-refractivity contribution in [2.75, 3.05) is 0 Å². The van der Waals surface area contributed by atoms with Crippen LogP contribution in [0, 0.1) is 17.3 Å². The standard InChI is InChI=1S/C24H27Cl2NO2.C8H7NOS/c1-14-9-15-10-23(14)7-8-24(11-15,13-23)28-12-17-21(27-29-22(17)16-5-6-16)20-18(25)3-2-4-19(20)26;10-5-8-9-6-3-1-2-4-7(6)11-8/h2-4,14-16H,5-13H2,1H3;1-4,10H,5H2/t14-,15?,23?,24?;/m1./s1. The smallest absolute Gasteiger partial charge is 0.145 e. The third-order valence-electron chi connectivity index (χ3n) is 9.80. The van der Waals surface area contributed by atoms with E-state index in [-0.39, 0.29) is 12.2 Å². The Labute approximate surface area is 248 Å². The summed E-state index contributed by atoms with van der Waals surface area (Å²) in [5.74, 6) is 3.12. The van der Waals surface area contributed by atoms with Crippen molar-refractivity contribution < 1.29 is 14.4 Å². The van der Waals surface area contributed by atoms with E-state index in [2.05, 4.69) is 17.1 Å². The molecule has 1 N–H and O–H groups in total. The average Bonchev–Trinajstić information content (AvgIpc) is 3.35. The van der Waals surface area contributed by atoms with Crippen molar-refractivity contribution in [2.45, 2.75) is 83.0 Å². The van der Waals surface area contributed by atoms with Crippen molar-refractivity contribution in [2.24, 2.45) is 17.3 Å². The number of hydrogen-bond acceptors (Lipinski definition) is 6. The molecule has 8 rings (SSSR count). The molecule has 2 aromatic carbocycles. The van der Waals surface area contributed by atoms with Crippen molar-refractivity contribution in [3.05, 3.63) is 68.8 Å². The number of hydrogen-bond donors (Lipinski definition) is 1. The Kier molecular flexibility index (Phi) is 6.99. The molecule has 2 aromatic heterocycles. The summed E-state index contributed by atoms with van der Waals surface area (Å²) in [5.41, 5.74) is 4.13. The van der Waals surface area contributed by atoms with Gasteiger partial charge in [-0.2, -0.15) is 0 Å². The Morgan fingerprint density at radius 1 is 1.07 bits per heavy atom. The number of aromatic nitrogens is 2. The van der Waals surface area contributed by atoms with Gasteiger partial charge in [-0.15, -0.1) is 11.3 Å². The molecule has 4 atom stereocenters. The molecule has 40 heavy (non-hydrogen) atoms. The van der Waals surface area contributed by atoms with Crippen LogP contribution >= 0.6 is 34.5 Å². The molecule has 210 valence electrons. The molecule has 4 aromatic rings. The van der Waals surface area contributed by atoms with Gasteiger partial charge in [-0.25, -0.2) is 4.98 Å². The second kappa shape index (κ2) is 10.4. The fraction of sp³-hybridized carbons (Fsp3) is 0.500. The van der Waals surface area contributed by atoms with Gasteiger partial charge in [0.05, 0.1) is 39.1 Å². The number of thiazole rings is 1. The summed E-state index contributed by atoms with van der Waals surface area (Å²) in [4.78, 5) is 4.20. The molecule has 5 nitrogen and oxygen atoms in total. The molecule has 2 heterocycles. The van der Waals surface area contributed by atoms with E-state index in [1.807, 2.05) is 42.5 Å². The summed E-state index contributed by atoms with van der Waals surface area (Å²) < 4.78 is 13.8. The maximum absolute atomic E-state index is 8.79. The Hall–Kier alpha value is -1.96. The summed E-state index contributed by atoms with van der Waals surface area (Å²) in [6.45, 7) is 3.05. The molecule has 4 saturated carbocycles. The predicted molar refractivity (Wildman–Crippen MR) is 160 cm³/mol. The summed E-state index contributed by atoms with van der Waals surface area (Å²) in [6.07, 6.45) is 10.1.